The van der Waals surface area contributed by atoms with Crippen molar-refractivity contribution in [1.29, 1.82) is 0 Å². The van der Waals surface area contributed by atoms with Gasteiger partial charge in [0.25, 0.3) is 0 Å². The van der Waals surface area contributed by atoms with Crippen LogP contribution in [0.15, 0.2) is 29.7 Å². The maximum absolute atomic E-state index is 11.0. The van der Waals surface area contributed by atoms with E-state index in [0.717, 1.165) is 5.56 Å². The molecule has 0 aliphatic rings. The lowest BCUT2D eigenvalue weighted by Gasteiger charge is -1.96. The van der Waals surface area contributed by atoms with Crippen molar-refractivity contribution in [1.82, 2.24) is 4.98 Å². The summed E-state index contributed by atoms with van der Waals surface area (Å²) in [4.78, 5) is 17.6. The van der Waals surface area contributed by atoms with E-state index in [1.54, 1.807) is 24.4 Å². The number of rotatable bonds is 4. The molecule has 0 radical (unpaired) electrons. The van der Waals surface area contributed by atoms with Gasteiger partial charge >= 0.3 is 0 Å². The van der Waals surface area contributed by atoms with E-state index in [4.69, 9.17) is 5.53 Å². The second kappa shape index (κ2) is 5.57. The predicted molar refractivity (Wildman–Crippen MR) is 57.3 cm³/mol. The highest BCUT2D eigenvalue weighted by Gasteiger charge is 1.98. The van der Waals surface area contributed by atoms with Gasteiger partial charge in [-0.1, -0.05) is 17.3 Å². The highest BCUT2D eigenvalue weighted by Crippen LogP contribution is 2.05. The molecule has 0 aromatic carbocycles. The van der Waals surface area contributed by atoms with Crippen LogP contribution in [0, 0.1) is 0 Å². The molecule has 1 aromatic rings. The third-order valence-electron chi connectivity index (χ3n) is 1.73. The molecule has 0 spiro atoms. The first-order chi connectivity index (χ1) is 7.24. The van der Waals surface area contributed by atoms with Crippen LogP contribution in [0.1, 0.15) is 22.8 Å². The normalized spacial score (nSPS) is 9.93. The lowest BCUT2D eigenvalue weighted by Crippen LogP contribution is -1.93. The molecule has 5 nitrogen and oxygen atoms in total. The van der Waals surface area contributed by atoms with Gasteiger partial charge in [-0.05, 0) is 24.1 Å². The van der Waals surface area contributed by atoms with Gasteiger partial charge in [0.05, 0.1) is 0 Å². The Morgan fingerprint density at radius 1 is 1.67 bits per heavy atom. The summed E-state index contributed by atoms with van der Waals surface area (Å²) in [7, 11) is 0. The van der Waals surface area contributed by atoms with Crippen LogP contribution >= 0.6 is 0 Å². The predicted octanol–water partition coefficient (Wildman–Crippen LogP) is 2.61. The molecule has 0 amide bonds. The van der Waals surface area contributed by atoms with E-state index in [-0.39, 0.29) is 5.78 Å². The lowest BCUT2D eigenvalue weighted by atomic mass is 10.1. The number of aromatic nitrogens is 1. The molecule has 0 atom stereocenters. The van der Waals surface area contributed by atoms with Gasteiger partial charge in [-0.15, -0.1) is 0 Å². The van der Waals surface area contributed by atoms with E-state index in [1.165, 1.54) is 13.1 Å². The molecule has 0 N–H and O–H groups in total. The van der Waals surface area contributed by atoms with E-state index < -0.39 is 0 Å². The van der Waals surface area contributed by atoms with Crippen LogP contribution in [0.3, 0.4) is 0 Å². The molecule has 1 heterocycles. The molecular formula is C10H10N4O. The van der Waals surface area contributed by atoms with Crippen molar-refractivity contribution in [3.05, 3.63) is 46.1 Å². The summed E-state index contributed by atoms with van der Waals surface area (Å²) in [5.41, 5.74) is 9.43. The van der Waals surface area contributed by atoms with Gasteiger partial charge in [-0.2, -0.15) is 0 Å². The lowest BCUT2D eigenvalue weighted by molar-refractivity contribution is 0.101. The molecule has 1 rings (SSSR count). The molecule has 0 saturated carbocycles. The quantitative estimate of drug-likeness (QED) is 0.325. The Morgan fingerprint density at radius 3 is 3.13 bits per heavy atom. The standard InChI is InChI=1S/C10H10N4O/c1-8(15)10-5-9(6-12-7-10)3-2-4-13-14-11/h2-3,5-7H,4H2,1H3. The first-order valence-electron chi connectivity index (χ1n) is 4.37. The molecular weight excluding hydrogens is 192 g/mol. The van der Waals surface area contributed by atoms with Crippen LogP contribution in [-0.4, -0.2) is 17.3 Å². The Hall–Kier alpha value is -2.13. The summed E-state index contributed by atoms with van der Waals surface area (Å²) in [6.45, 7) is 1.78. The third-order valence-corrected chi connectivity index (χ3v) is 1.73. The summed E-state index contributed by atoms with van der Waals surface area (Å²) in [6, 6.07) is 1.74. The van der Waals surface area contributed by atoms with Gasteiger partial charge < -0.3 is 0 Å². The molecule has 0 bridgehead atoms. The summed E-state index contributed by atoms with van der Waals surface area (Å²) in [6.07, 6.45) is 6.63. The van der Waals surface area contributed by atoms with Gasteiger partial charge in [-0.25, -0.2) is 0 Å². The molecule has 0 aliphatic carbocycles. The van der Waals surface area contributed by atoms with Crippen molar-refractivity contribution < 1.29 is 4.79 Å². The number of Topliss-reactive ketones (excluding diaryl/α,β-unsaturated/α-hetero) is 1. The Labute approximate surface area is 87.1 Å². The van der Waals surface area contributed by atoms with Gasteiger partial charge in [0, 0.05) is 29.4 Å². The zero-order valence-electron chi connectivity index (χ0n) is 8.29. The van der Waals surface area contributed by atoms with Crippen molar-refractivity contribution >= 4 is 11.9 Å². The monoisotopic (exact) mass is 202 g/mol. The molecule has 5 heteroatoms. The second-order valence-electron chi connectivity index (χ2n) is 2.88. The highest BCUT2D eigenvalue weighted by atomic mass is 16.1. The van der Waals surface area contributed by atoms with Crippen molar-refractivity contribution in [2.75, 3.05) is 6.54 Å². The van der Waals surface area contributed by atoms with Crippen LogP contribution in [-0.2, 0) is 0 Å². The average molecular weight is 202 g/mol. The smallest absolute Gasteiger partial charge is 0.161 e. The van der Waals surface area contributed by atoms with Crippen molar-refractivity contribution in [2.45, 2.75) is 6.92 Å². The highest BCUT2D eigenvalue weighted by molar-refractivity contribution is 5.94. The minimum Gasteiger partial charge on any atom is -0.294 e. The SMILES string of the molecule is CC(=O)c1cncc(C=CCN=[N+]=[N-])c1. The number of pyridine rings is 1. The van der Waals surface area contributed by atoms with E-state index in [0.29, 0.717) is 12.1 Å². The van der Waals surface area contributed by atoms with Gasteiger partial charge in [0.2, 0.25) is 0 Å². The van der Waals surface area contributed by atoms with Crippen LogP contribution in [0.2, 0.25) is 0 Å². The molecule has 0 fully saturated rings. The maximum Gasteiger partial charge on any atom is 0.161 e. The number of carbonyl (C=O) groups excluding carboxylic acids is 1. The third kappa shape index (κ3) is 3.62. The number of nitrogens with zero attached hydrogens (tertiary/aromatic N) is 4. The zero-order chi connectivity index (χ0) is 11.1. The van der Waals surface area contributed by atoms with Crippen molar-refractivity contribution in [3.8, 4) is 0 Å². The van der Waals surface area contributed by atoms with Gasteiger partial charge in [0.15, 0.2) is 5.78 Å². The summed E-state index contributed by atoms with van der Waals surface area (Å²) >= 11 is 0. The van der Waals surface area contributed by atoms with Gasteiger partial charge in [-0.3, -0.25) is 9.78 Å². The van der Waals surface area contributed by atoms with Crippen LogP contribution in [0.25, 0.3) is 16.5 Å². The topological polar surface area (TPSA) is 78.7 Å². The number of hydrogen-bond donors (Lipinski definition) is 0. The largest absolute Gasteiger partial charge is 0.294 e. The molecule has 1 aromatic heterocycles. The fraction of sp³-hybridized carbons (Fsp3) is 0.200. The van der Waals surface area contributed by atoms with Crippen molar-refractivity contribution in [2.24, 2.45) is 5.11 Å². The number of ketones is 1. The molecule has 0 saturated heterocycles. The molecule has 0 unspecified atom stereocenters. The summed E-state index contributed by atoms with van der Waals surface area (Å²) in [5, 5.41) is 3.35. The number of azide groups is 1. The van der Waals surface area contributed by atoms with Crippen LogP contribution in [0.5, 0.6) is 0 Å². The van der Waals surface area contributed by atoms with E-state index in [2.05, 4.69) is 15.0 Å². The first kappa shape index (κ1) is 10.9. The summed E-state index contributed by atoms with van der Waals surface area (Å²) in [5.74, 6) is -0.0206. The van der Waals surface area contributed by atoms with E-state index in [1.807, 2.05) is 0 Å². The number of hydrogen-bond acceptors (Lipinski definition) is 3. The zero-order valence-corrected chi connectivity index (χ0v) is 8.29. The fourth-order valence-electron chi connectivity index (χ4n) is 1.01. The van der Waals surface area contributed by atoms with E-state index >= 15 is 0 Å². The Kier molecular flexibility index (Phi) is 4.06. The molecule has 76 valence electrons. The minimum atomic E-state index is -0.0206. The Morgan fingerprint density at radius 2 is 2.47 bits per heavy atom. The maximum atomic E-state index is 11.0. The second-order valence-corrected chi connectivity index (χ2v) is 2.88. The van der Waals surface area contributed by atoms with Crippen molar-refractivity contribution in [3.63, 3.8) is 0 Å². The van der Waals surface area contributed by atoms with E-state index in [9.17, 15) is 4.79 Å². The molecule has 15 heavy (non-hydrogen) atoms. The minimum absolute atomic E-state index is 0.0206. The Bertz CT molecular complexity index is 433. The van der Waals surface area contributed by atoms with Gasteiger partial charge in [0.1, 0.15) is 0 Å². The summed E-state index contributed by atoms with van der Waals surface area (Å²) < 4.78 is 0. The van der Waals surface area contributed by atoms with Crippen LogP contribution in [0.4, 0.5) is 0 Å². The Balaban J connectivity index is 2.77. The number of carbonyl (C=O) groups is 1. The first-order valence-corrected chi connectivity index (χ1v) is 4.37. The van der Waals surface area contributed by atoms with Crippen LogP contribution < -0.4 is 0 Å². The average Bonchev–Trinajstić information content (AvgIpc) is 2.25. The fourth-order valence-corrected chi connectivity index (χ4v) is 1.01. The molecule has 0 aliphatic heterocycles.